The molecule has 2 aromatic carbocycles. The van der Waals surface area contributed by atoms with Gasteiger partial charge in [-0.25, -0.2) is 0 Å². The Balaban J connectivity index is 0.954. The van der Waals surface area contributed by atoms with Crippen molar-refractivity contribution in [3.8, 4) is 17.6 Å². The highest BCUT2D eigenvalue weighted by atomic mass is 16.5. The Kier molecular flexibility index (Phi) is 11.6. The van der Waals surface area contributed by atoms with Gasteiger partial charge in [-0.3, -0.25) is 34.0 Å². The van der Waals surface area contributed by atoms with Gasteiger partial charge in [0.25, 0.3) is 5.91 Å². The number of carbonyl (C=O) groups excluding carboxylic acids is 5. The molecule has 3 aliphatic heterocycles. The molecule has 2 aromatic heterocycles. The van der Waals surface area contributed by atoms with Gasteiger partial charge in [-0.15, -0.1) is 5.10 Å². The zero-order chi connectivity index (χ0) is 39.2. The quantitative estimate of drug-likeness (QED) is 0.185. The molecule has 0 spiro atoms. The van der Waals surface area contributed by atoms with Gasteiger partial charge in [-0.1, -0.05) is 35.3 Å². The number of rotatable bonds is 10. The number of aryl methyl sites for hydroxylation is 1. The Bertz CT molecular complexity index is 2200. The molecule has 56 heavy (non-hydrogen) atoms. The van der Waals surface area contributed by atoms with E-state index in [0.717, 1.165) is 22.1 Å². The number of nitrogens with zero attached hydrogens (tertiary/aromatic N) is 6. The number of piperidine rings is 2. The van der Waals surface area contributed by atoms with Crippen LogP contribution in [0.3, 0.4) is 0 Å². The van der Waals surface area contributed by atoms with E-state index in [2.05, 4.69) is 33.5 Å². The minimum Gasteiger partial charge on any atom is -0.490 e. The van der Waals surface area contributed by atoms with Crippen molar-refractivity contribution >= 4 is 46.1 Å². The Labute approximate surface area is 324 Å². The van der Waals surface area contributed by atoms with E-state index >= 15 is 0 Å². The summed E-state index contributed by atoms with van der Waals surface area (Å²) in [7, 11) is 3.34. The van der Waals surface area contributed by atoms with E-state index < -0.39 is 0 Å². The summed E-state index contributed by atoms with van der Waals surface area (Å²) >= 11 is 0. The van der Waals surface area contributed by atoms with Crippen LogP contribution < -0.4 is 10.1 Å². The summed E-state index contributed by atoms with van der Waals surface area (Å²) in [5.41, 5.74) is 3.86. The van der Waals surface area contributed by atoms with Gasteiger partial charge in [-0.2, -0.15) is 0 Å². The molecule has 1 N–H and O–H groups in total. The predicted octanol–water partition coefficient (Wildman–Crippen LogP) is 4.15. The van der Waals surface area contributed by atoms with Crippen LogP contribution in [-0.2, 0) is 25.7 Å². The molecule has 0 saturated carbocycles. The van der Waals surface area contributed by atoms with Gasteiger partial charge in [0.15, 0.2) is 11.3 Å². The average Bonchev–Trinajstić information content (AvgIpc) is 3.90. The van der Waals surface area contributed by atoms with Crippen LogP contribution in [-0.4, -0.2) is 106 Å². The van der Waals surface area contributed by atoms with Crippen molar-refractivity contribution in [2.24, 2.45) is 0 Å². The molecule has 4 aromatic rings. The van der Waals surface area contributed by atoms with Gasteiger partial charge in [0, 0.05) is 90.4 Å². The molecule has 5 amide bonds. The molecule has 1 unspecified atom stereocenters. The molecule has 2 fully saturated rings. The molecule has 14 nitrogen and oxygen atoms in total. The summed E-state index contributed by atoms with van der Waals surface area (Å²) in [5.74, 6) is 6.28. The second-order valence-electron chi connectivity index (χ2n) is 14.6. The molecule has 1 atom stereocenters. The first-order valence-electron chi connectivity index (χ1n) is 19.1. The van der Waals surface area contributed by atoms with E-state index in [4.69, 9.17) is 9.15 Å². The first-order chi connectivity index (χ1) is 27.1. The van der Waals surface area contributed by atoms with Crippen molar-refractivity contribution in [2.45, 2.75) is 69.9 Å². The van der Waals surface area contributed by atoms with Crippen molar-refractivity contribution in [3.05, 3.63) is 83.4 Å². The van der Waals surface area contributed by atoms with Crippen molar-refractivity contribution in [1.82, 2.24) is 35.0 Å². The summed E-state index contributed by atoms with van der Waals surface area (Å²) < 4.78 is 13.9. The average molecular weight is 760 g/mol. The number of carbonyl (C=O) groups is 5. The van der Waals surface area contributed by atoms with Crippen molar-refractivity contribution in [3.63, 3.8) is 0 Å². The smallest absolute Gasteiger partial charge is 0.289 e. The maximum Gasteiger partial charge on any atom is 0.289 e. The normalized spacial score (nSPS) is 17.5. The summed E-state index contributed by atoms with van der Waals surface area (Å²) in [5, 5.41) is 10.9. The second kappa shape index (κ2) is 17.1. The number of amides is 5. The lowest BCUT2D eigenvalue weighted by Crippen LogP contribution is -2.41. The van der Waals surface area contributed by atoms with E-state index in [9.17, 15) is 24.0 Å². The van der Waals surface area contributed by atoms with E-state index in [1.807, 2.05) is 46.2 Å². The van der Waals surface area contributed by atoms with Crippen molar-refractivity contribution < 1.29 is 33.1 Å². The largest absolute Gasteiger partial charge is 0.490 e. The highest BCUT2D eigenvalue weighted by Crippen LogP contribution is 2.31. The van der Waals surface area contributed by atoms with Crippen LogP contribution >= 0.6 is 0 Å². The second-order valence-corrected chi connectivity index (χ2v) is 14.6. The number of likely N-dealkylation sites (tertiary alicyclic amines) is 1. The number of benzene rings is 2. The number of ether oxygens (including phenoxy) is 1. The van der Waals surface area contributed by atoms with Crippen molar-refractivity contribution in [1.29, 1.82) is 0 Å². The third kappa shape index (κ3) is 9.00. The van der Waals surface area contributed by atoms with Crippen LogP contribution in [0.5, 0.6) is 5.75 Å². The highest BCUT2D eigenvalue weighted by Gasteiger charge is 2.29. The lowest BCUT2D eigenvalue weighted by atomic mass is 9.90. The molecular weight excluding hydrogens is 715 g/mol. The number of hydrogen-bond donors (Lipinski definition) is 1. The van der Waals surface area contributed by atoms with Crippen LogP contribution in [0.1, 0.15) is 84.5 Å². The Morgan fingerprint density at radius 1 is 0.982 bits per heavy atom. The molecule has 14 heteroatoms. The zero-order valence-electron chi connectivity index (χ0n) is 31.7. The number of aromatic nitrogens is 3. The van der Waals surface area contributed by atoms with Gasteiger partial charge >= 0.3 is 0 Å². The van der Waals surface area contributed by atoms with E-state index in [1.54, 1.807) is 37.2 Å². The van der Waals surface area contributed by atoms with Gasteiger partial charge in [0.1, 0.15) is 11.9 Å². The van der Waals surface area contributed by atoms with Crippen molar-refractivity contribution in [2.75, 3.05) is 40.3 Å². The minimum absolute atomic E-state index is 0.0306. The third-order valence-corrected chi connectivity index (χ3v) is 10.4. The van der Waals surface area contributed by atoms with Crippen LogP contribution in [0, 0.1) is 11.8 Å². The molecule has 2 saturated heterocycles. The molecule has 290 valence electrons. The summed E-state index contributed by atoms with van der Waals surface area (Å²) in [6.45, 7) is 2.70. The zero-order valence-corrected chi connectivity index (χ0v) is 31.7. The summed E-state index contributed by atoms with van der Waals surface area (Å²) in [4.78, 5) is 68.0. The van der Waals surface area contributed by atoms with Gasteiger partial charge in [0.05, 0.1) is 24.2 Å². The molecule has 5 heterocycles. The molecule has 3 aliphatic rings. The Morgan fingerprint density at radius 2 is 1.77 bits per heavy atom. The first kappa shape index (κ1) is 38.1. The summed E-state index contributed by atoms with van der Waals surface area (Å²) in [6, 6.07) is 13.1. The number of hydrogen-bond acceptors (Lipinski definition) is 9. The van der Waals surface area contributed by atoms with Gasteiger partial charge < -0.3 is 23.9 Å². The van der Waals surface area contributed by atoms with Crippen LogP contribution in [0.2, 0.25) is 0 Å². The molecule has 7 rings (SSSR count). The molecule has 0 bridgehead atoms. The Morgan fingerprint density at radius 3 is 2.50 bits per heavy atom. The lowest BCUT2D eigenvalue weighted by molar-refractivity contribution is -0.135. The minimum atomic E-state index is -0.338. The summed E-state index contributed by atoms with van der Waals surface area (Å²) in [6.07, 6.45) is 9.31. The third-order valence-electron chi connectivity index (χ3n) is 10.4. The highest BCUT2D eigenvalue weighted by molar-refractivity contribution is 6.01. The molecule has 0 radical (unpaired) electrons. The van der Waals surface area contributed by atoms with Gasteiger partial charge in [0.2, 0.25) is 23.6 Å². The number of furan rings is 1. The lowest BCUT2D eigenvalue weighted by Gasteiger charge is -2.32. The van der Waals surface area contributed by atoms with E-state index in [0.29, 0.717) is 94.6 Å². The SMILES string of the molecule is CN(C)C(=O)c1cc2cc(C3=CCCN(C(=O)CCn4ccnn4)C3)cc(C#CCCC(=O)N3CCC(Oc4ccc(C5CCC(=O)NC5=O)cc4)CC3)c2o1. The number of fused-ring (bicyclic) bond motifs is 1. The topological polar surface area (TPSA) is 160 Å². The van der Waals surface area contributed by atoms with E-state index in [-0.39, 0.29) is 53.7 Å². The monoisotopic (exact) mass is 759 g/mol. The first-order valence-corrected chi connectivity index (χ1v) is 19.1. The fourth-order valence-corrected chi connectivity index (χ4v) is 7.33. The van der Waals surface area contributed by atoms with Crippen LogP contribution in [0.25, 0.3) is 16.5 Å². The maximum absolute atomic E-state index is 13.2. The number of imide groups is 1. The Hall–Kier alpha value is -6.23. The van der Waals surface area contributed by atoms with Crippen LogP contribution in [0.15, 0.2) is 65.4 Å². The van der Waals surface area contributed by atoms with E-state index in [1.165, 1.54) is 4.90 Å². The standard InChI is InChI=1S/C42H45N7O7/c1-46(2)42(54)36-26-32-25-31(30-7-5-19-48(27-30)39(52)17-22-49-23-18-43-45-49)24-29(40(32)56-36)6-3-4-8-38(51)47-20-15-34(16-21-47)55-33-11-9-28(10-12-33)35-13-14-37(50)44-41(35)53/h7,9-12,18,23-26,34-35H,4-5,8,13-17,19-22,27H2,1-2H3,(H,44,50,53). The predicted molar refractivity (Wildman–Crippen MR) is 206 cm³/mol. The van der Waals surface area contributed by atoms with Gasteiger partial charge in [-0.05, 0) is 59.9 Å². The fraction of sp³-hybridized carbons (Fsp3) is 0.405. The molecule has 0 aliphatic carbocycles. The number of nitrogens with one attached hydrogen (secondary N) is 1. The molecular formula is C42H45N7O7. The maximum atomic E-state index is 13.2. The van der Waals surface area contributed by atoms with Crippen LogP contribution in [0.4, 0.5) is 0 Å². The fourth-order valence-electron chi connectivity index (χ4n) is 7.33.